The molecule has 1 fully saturated rings. The summed E-state index contributed by atoms with van der Waals surface area (Å²) in [4.78, 5) is 5.18. The minimum Gasteiger partial charge on any atom is -0.353 e. The first kappa shape index (κ1) is 12.7. The normalized spacial score (nSPS) is 20.6. The van der Waals surface area contributed by atoms with Gasteiger partial charge in [-0.15, -0.1) is 0 Å². The maximum Gasteiger partial charge on any atom is 0.0388 e. The topological polar surface area (TPSA) is 11.4 Å². The van der Waals surface area contributed by atoms with Crippen LogP contribution in [0.3, 0.4) is 0 Å². The molecule has 1 saturated heterocycles. The van der Waals surface area contributed by atoms with Crippen LogP contribution >= 0.6 is 0 Å². The molecule has 0 aliphatic carbocycles. The number of rotatable bonds is 4. The summed E-state index contributed by atoms with van der Waals surface area (Å²) in [7, 11) is 2.13. The van der Waals surface area contributed by atoms with Gasteiger partial charge in [0.2, 0.25) is 0 Å². The van der Waals surface area contributed by atoms with Gasteiger partial charge in [-0.05, 0) is 25.5 Å². The van der Waals surface area contributed by atoms with Crippen molar-refractivity contribution in [3.05, 3.63) is 24.0 Å². The second-order valence-electron chi connectivity index (χ2n) is 5.18. The third-order valence-corrected chi connectivity index (χ3v) is 4.06. The maximum absolute atomic E-state index is 2.61. The molecule has 0 amide bonds. The smallest absolute Gasteiger partial charge is 0.0388 e. The Morgan fingerprint density at radius 2 is 1.94 bits per heavy atom. The standard InChI is InChI=1S/C14H25N3/c1-4-13(2)17-10-8-16(9-11-17)12-14-6-5-7-15(14)3/h5-7,13H,4,8-12H2,1-3H3. The fraction of sp³-hybridized carbons (Fsp3) is 0.714. The largest absolute Gasteiger partial charge is 0.353 e. The summed E-state index contributed by atoms with van der Waals surface area (Å²) in [6, 6.07) is 5.10. The molecule has 0 spiro atoms. The highest BCUT2D eigenvalue weighted by Gasteiger charge is 2.20. The van der Waals surface area contributed by atoms with Gasteiger partial charge in [0.15, 0.2) is 0 Å². The molecule has 96 valence electrons. The number of hydrogen-bond donors (Lipinski definition) is 0. The maximum atomic E-state index is 2.61. The number of hydrogen-bond acceptors (Lipinski definition) is 2. The monoisotopic (exact) mass is 235 g/mol. The average Bonchev–Trinajstić information content (AvgIpc) is 2.75. The van der Waals surface area contributed by atoms with Crippen LogP contribution in [0.1, 0.15) is 26.0 Å². The Hall–Kier alpha value is -0.800. The van der Waals surface area contributed by atoms with Crippen LogP contribution in [0, 0.1) is 0 Å². The minimum absolute atomic E-state index is 0.743. The van der Waals surface area contributed by atoms with E-state index in [1.54, 1.807) is 0 Å². The molecule has 1 atom stereocenters. The Morgan fingerprint density at radius 1 is 1.24 bits per heavy atom. The summed E-state index contributed by atoms with van der Waals surface area (Å²) in [6.07, 6.45) is 3.39. The quantitative estimate of drug-likeness (QED) is 0.790. The molecule has 3 heteroatoms. The van der Waals surface area contributed by atoms with E-state index in [-0.39, 0.29) is 0 Å². The molecule has 3 nitrogen and oxygen atoms in total. The minimum atomic E-state index is 0.743. The molecule has 2 rings (SSSR count). The zero-order valence-electron chi connectivity index (χ0n) is 11.4. The van der Waals surface area contributed by atoms with Gasteiger partial charge in [0, 0.05) is 57.7 Å². The lowest BCUT2D eigenvalue weighted by Gasteiger charge is -2.37. The van der Waals surface area contributed by atoms with Gasteiger partial charge in [-0.25, -0.2) is 0 Å². The van der Waals surface area contributed by atoms with Gasteiger partial charge in [0.05, 0.1) is 0 Å². The number of aromatic nitrogens is 1. The summed E-state index contributed by atoms with van der Waals surface area (Å²) in [6.45, 7) is 10.6. The van der Waals surface area contributed by atoms with Gasteiger partial charge in [-0.3, -0.25) is 9.80 Å². The van der Waals surface area contributed by atoms with Crippen molar-refractivity contribution >= 4 is 0 Å². The number of piperazine rings is 1. The molecule has 0 N–H and O–H groups in total. The molecule has 1 aromatic heterocycles. The van der Waals surface area contributed by atoms with E-state index < -0.39 is 0 Å². The molecular weight excluding hydrogens is 210 g/mol. The van der Waals surface area contributed by atoms with E-state index in [0.717, 1.165) is 12.6 Å². The summed E-state index contributed by atoms with van der Waals surface area (Å²) < 4.78 is 2.22. The first-order valence-electron chi connectivity index (χ1n) is 6.77. The van der Waals surface area contributed by atoms with Crippen molar-refractivity contribution in [2.45, 2.75) is 32.9 Å². The first-order chi connectivity index (χ1) is 8.20. The average molecular weight is 235 g/mol. The molecule has 2 heterocycles. The van der Waals surface area contributed by atoms with Crippen LogP contribution in [0.2, 0.25) is 0 Å². The van der Waals surface area contributed by atoms with E-state index in [0.29, 0.717) is 0 Å². The fourth-order valence-electron chi connectivity index (χ4n) is 2.51. The zero-order chi connectivity index (χ0) is 12.3. The zero-order valence-corrected chi connectivity index (χ0v) is 11.4. The molecule has 1 aliphatic heterocycles. The van der Waals surface area contributed by atoms with Crippen molar-refractivity contribution in [3.8, 4) is 0 Å². The highest BCUT2D eigenvalue weighted by atomic mass is 15.3. The molecule has 0 aromatic carbocycles. The summed E-state index contributed by atoms with van der Waals surface area (Å²) >= 11 is 0. The lowest BCUT2D eigenvalue weighted by Crippen LogP contribution is -2.49. The van der Waals surface area contributed by atoms with E-state index in [4.69, 9.17) is 0 Å². The molecule has 1 unspecified atom stereocenters. The Morgan fingerprint density at radius 3 is 2.47 bits per heavy atom. The second-order valence-corrected chi connectivity index (χ2v) is 5.18. The predicted molar refractivity (Wildman–Crippen MR) is 72.0 cm³/mol. The van der Waals surface area contributed by atoms with E-state index in [2.05, 4.69) is 53.6 Å². The van der Waals surface area contributed by atoms with Crippen molar-refractivity contribution in [2.75, 3.05) is 26.2 Å². The SMILES string of the molecule is CCC(C)N1CCN(Cc2cccn2C)CC1. The van der Waals surface area contributed by atoms with E-state index >= 15 is 0 Å². The van der Waals surface area contributed by atoms with E-state index in [1.165, 1.54) is 38.3 Å². The van der Waals surface area contributed by atoms with Crippen LogP contribution in [0.4, 0.5) is 0 Å². The van der Waals surface area contributed by atoms with Crippen LogP contribution in [-0.2, 0) is 13.6 Å². The Balaban J connectivity index is 1.81. The molecule has 1 aliphatic rings. The van der Waals surface area contributed by atoms with E-state index in [9.17, 15) is 0 Å². The van der Waals surface area contributed by atoms with Crippen molar-refractivity contribution in [1.29, 1.82) is 0 Å². The lowest BCUT2D eigenvalue weighted by atomic mass is 10.2. The molecule has 0 saturated carbocycles. The molecular formula is C14H25N3. The van der Waals surface area contributed by atoms with Crippen LogP contribution in [0.5, 0.6) is 0 Å². The molecule has 0 bridgehead atoms. The number of aryl methyl sites for hydroxylation is 1. The highest BCUT2D eigenvalue weighted by Crippen LogP contribution is 2.11. The molecule has 17 heavy (non-hydrogen) atoms. The third kappa shape index (κ3) is 3.11. The fourth-order valence-corrected chi connectivity index (χ4v) is 2.51. The van der Waals surface area contributed by atoms with Crippen LogP contribution in [0.15, 0.2) is 18.3 Å². The van der Waals surface area contributed by atoms with Crippen molar-refractivity contribution in [2.24, 2.45) is 7.05 Å². The van der Waals surface area contributed by atoms with Gasteiger partial charge in [0.25, 0.3) is 0 Å². The summed E-state index contributed by atoms with van der Waals surface area (Å²) in [5.41, 5.74) is 1.42. The van der Waals surface area contributed by atoms with Crippen LogP contribution in [0.25, 0.3) is 0 Å². The van der Waals surface area contributed by atoms with E-state index in [1.807, 2.05) is 0 Å². The third-order valence-electron chi connectivity index (χ3n) is 4.06. The van der Waals surface area contributed by atoms with Gasteiger partial charge in [-0.2, -0.15) is 0 Å². The Bertz CT molecular complexity index is 337. The predicted octanol–water partition coefficient (Wildman–Crippen LogP) is 1.94. The van der Waals surface area contributed by atoms with Crippen LogP contribution in [-0.4, -0.2) is 46.6 Å². The lowest BCUT2D eigenvalue weighted by molar-refractivity contribution is 0.0951. The highest BCUT2D eigenvalue weighted by molar-refractivity contribution is 5.06. The van der Waals surface area contributed by atoms with Gasteiger partial charge < -0.3 is 4.57 Å². The Kier molecular flexibility index (Phi) is 4.24. The van der Waals surface area contributed by atoms with Crippen molar-refractivity contribution in [3.63, 3.8) is 0 Å². The van der Waals surface area contributed by atoms with Gasteiger partial charge in [0.1, 0.15) is 0 Å². The summed E-state index contributed by atoms with van der Waals surface area (Å²) in [5.74, 6) is 0. The van der Waals surface area contributed by atoms with Crippen molar-refractivity contribution < 1.29 is 0 Å². The second kappa shape index (κ2) is 5.69. The molecule has 0 radical (unpaired) electrons. The van der Waals surface area contributed by atoms with Crippen molar-refractivity contribution in [1.82, 2.24) is 14.4 Å². The Labute approximate surface area is 105 Å². The molecule has 1 aromatic rings. The first-order valence-corrected chi connectivity index (χ1v) is 6.77. The van der Waals surface area contributed by atoms with Gasteiger partial charge in [-0.1, -0.05) is 6.92 Å². The number of nitrogens with zero attached hydrogens (tertiary/aromatic N) is 3. The van der Waals surface area contributed by atoms with Crippen LogP contribution < -0.4 is 0 Å². The summed E-state index contributed by atoms with van der Waals surface area (Å²) in [5, 5.41) is 0. The van der Waals surface area contributed by atoms with Gasteiger partial charge >= 0.3 is 0 Å².